The third-order valence-electron chi connectivity index (χ3n) is 4.30. The van der Waals surface area contributed by atoms with Crippen LogP contribution in [-0.4, -0.2) is 15.5 Å². The van der Waals surface area contributed by atoms with Crippen molar-refractivity contribution in [2.75, 3.05) is 0 Å². The summed E-state index contributed by atoms with van der Waals surface area (Å²) in [6.45, 7) is 0.400. The van der Waals surface area contributed by atoms with Gasteiger partial charge in [0, 0.05) is 12.6 Å². The summed E-state index contributed by atoms with van der Waals surface area (Å²) in [5, 5.41) is 5.15. The van der Waals surface area contributed by atoms with E-state index in [1.807, 2.05) is 78.3 Å². The number of aryl methyl sites for hydroxylation is 1. The van der Waals surface area contributed by atoms with Crippen molar-refractivity contribution >= 4 is 27.7 Å². The summed E-state index contributed by atoms with van der Waals surface area (Å²) in [6.07, 6.45) is 0. The van der Waals surface area contributed by atoms with Gasteiger partial charge in [-0.25, -0.2) is 4.98 Å². The number of carbonyl (C=O) groups is 1. The zero-order valence-electron chi connectivity index (χ0n) is 13.4. The number of imidazole rings is 1. The molecule has 0 radical (unpaired) electrons. The number of hydrogen-bond acceptors (Lipinski definition) is 2. The lowest BCUT2D eigenvalue weighted by molar-refractivity contribution is 0.0950. The van der Waals surface area contributed by atoms with Crippen molar-refractivity contribution in [3.8, 4) is 0 Å². The minimum Gasteiger partial charge on any atom is -0.345 e. The van der Waals surface area contributed by atoms with E-state index in [2.05, 4.69) is 10.3 Å². The number of nitrogens with one attached hydrogen (secondary N) is 1. The van der Waals surface area contributed by atoms with Crippen LogP contribution >= 0.6 is 0 Å². The molecule has 0 aliphatic rings. The Morgan fingerprint density at radius 1 is 1.00 bits per heavy atom. The van der Waals surface area contributed by atoms with Crippen LogP contribution in [0.25, 0.3) is 21.8 Å². The van der Waals surface area contributed by atoms with Gasteiger partial charge in [0.15, 0.2) is 0 Å². The fraction of sp³-hybridized carbons (Fsp3) is 0.100. The maximum Gasteiger partial charge on any atom is 0.251 e. The number of nitrogens with zero attached hydrogens (tertiary/aromatic N) is 2. The normalized spacial score (nSPS) is 11.0. The zero-order chi connectivity index (χ0) is 16.5. The number of amides is 1. The van der Waals surface area contributed by atoms with Crippen LogP contribution in [0.5, 0.6) is 0 Å². The summed E-state index contributed by atoms with van der Waals surface area (Å²) < 4.78 is 2.01. The van der Waals surface area contributed by atoms with Crippen LogP contribution in [0, 0.1) is 0 Å². The molecule has 0 spiro atoms. The molecule has 0 unspecified atom stereocenters. The van der Waals surface area contributed by atoms with E-state index in [9.17, 15) is 4.79 Å². The molecule has 1 N–H and O–H groups in total. The van der Waals surface area contributed by atoms with Crippen LogP contribution in [0.1, 0.15) is 16.2 Å². The molecule has 4 rings (SSSR count). The van der Waals surface area contributed by atoms with Crippen LogP contribution in [0.4, 0.5) is 0 Å². The standard InChI is InChI=1S/C20H17N3O/c1-23-18-9-5-4-8-17(18)22-19(23)13-21-20(24)16-11-10-14-6-2-3-7-15(14)12-16/h2-12H,13H2,1H3,(H,21,24). The van der Waals surface area contributed by atoms with Crippen molar-refractivity contribution < 1.29 is 4.79 Å². The van der Waals surface area contributed by atoms with Gasteiger partial charge in [0.25, 0.3) is 5.91 Å². The summed E-state index contributed by atoms with van der Waals surface area (Å²) in [5.41, 5.74) is 2.66. The Morgan fingerprint density at radius 3 is 2.58 bits per heavy atom. The minimum atomic E-state index is -0.0900. The predicted octanol–water partition coefficient (Wildman–Crippen LogP) is 3.66. The number of rotatable bonds is 3. The summed E-state index contributed by atoms with van der Waals surface area (Å²) in [7, 11) is 1.97. The predicted molar refractivity (Wildman–Crippen MR) is 95.8 cm³/mol. The molecule has 24 heavy (non-hydrogen) atoms. The van der Waals surface area contributed by atoms with E-state index < -0.39 is 0 Å². The monoisotopic (exact) mass is 315 g/mol. The quantitative estimate of drug-likeness (QED) is 0.627. The van der Waals surface area contributed by atoms with Crippen molar-refractivity contribution in [3.05, 3.63) is 78.1 Å². The Hall–Kier alpha value is -3.14. The first kappa shape index (κ1) is 14.5. The molecule has 0 saturated carbocycles. The molecule has 1 heterocycles. The minimum absolute atomic E-state index is 0.0900. The molecule has 4 heteroatoms. The topological polar surface area (TPSA) is 46.9 Å². The number of aromatic nitrogens is 2. The first-order valence-electron chi connectivity index (χ1n) is 7.90. The van der Waals surface area contributed by atoms with Crippen LogP contribution in [0.15, 0.2) is 66.7 Å². The smallest absolute Gasteiger partial charge is 0.251 e. The van der Waals surface area contributed by atoms with E-state index >= 15 is 0 Å². The van der Waals surface area contributed by atoms with Gasteiger partial charge >= 0.3 is 0 Å². The van der Waals surface area contributed by atoms with Gasteiger partial charge < -0.3 is 9.88 Å². The Balaban J connectivity index is 1.55. The highest BCUT2D eigenvalue weighted by Gasteiger charge is 2.10. The molecular formula is C20H17N3O. The summed E-state index contributed by atoms with van der Waals surface area (Å²) >= 11 is 0. The van der Waals surface area contributed by atoms with E-state index in [0.29, 0.717) is 12.1 Å². The number of para-hydroxylation sites is 2. The fourth-order valence-corrected chi connectivity index (χ4v) is 2.95. The molecule has 0 aliphatic heterocycles. The van der Waals surface area contributed by atoms with Gasteiger partial charge in [-0.1, -0.05) is 42.5 Å². The van der Waals surface area contributed by atoms with Crippen LogP contribution in [0.3, 0.4) is 0 Å². The number of fused-ring (bicyclic) bond motifs is 2. The maximum atomic E-state index is 12.4. The van der Waals surface area contributed by atoms with E-state index in [-0.39, 0.29) is 5.91 Å². The molecule has 3 aromatic carbocycles. The molecule has 4 nitrogen and oxygen atoms in total. The fourth-order valence-electron chi connectivity index (χ4n) is 2.95. The van der Waals surface area contributed by atoms with Crippen LogP contribution in [-0.2, 0) is 13.6 Å². The number of benzene rings is 3. The lowest BCUT2D eigenvalue weighted by atomic mass is 10.1. The van der Waals surface area contributed by atoms with Crippen LogP contribution < -0.4 is 5.32 Å². The second-order valence-corrected chi connectivity index (χ2v) is 5.82. The highest BCUT2D eigenvalue weighted by molar-refractivity contribution is 5.98. The molecule has 4 aromatic rings. The third-order valence-corrected chi connectivity index (χ3v) is 4.30. The van der Waals surface area contributed by atoms with E-state index in [1.54, 1.807) is 0 Å². The van der Waals surface area contributed by atoms with Gasteiger partial charge in [-0.2, -0.15) is 0 Å². The van der Waals surface area contributed by atoms with Crippen molar-refractivity contribution in [1.29, 1.82) is 0 Å². The summed E-state index contributed by atoms with van der Waals surface area (Å²) in [4.78, 5) is 17.0. The largest absolute Gasteiger partial charge is 0.345 e. The van der Waals surface area contributed by atoms with Gasteiger partial charge in [-0.3, -0.25) is 4.79 Å². The first-order chi connectivity index (χ1) is 11.7. The van der Waals surface area contributed by atoms with Crippen molar-refractivity contribution in [2.45, 2.75) is 6.54 Å². The van der Waals surface area contributed by atoms with Gasteiger partial charge in [0.05, 0.1) is 17.6 Å². The molecule has 0 fully saturated rings. The molecule has 0 saturated heterocycles. The first-order valence-corrected chi connectivity index (χ1v) is 7.90. The Kier molecular flexibility index (Phi) is 3.50. The average Bonchev–Trinajstić information content (AvgIpc) is 2.95. The molecule has 0 bridgehead atoms. The van der Waals surface area contributed by atoms with Gasteiger partial charge in [-0.15, -0.1) is 0 Å². The molecular weight excluding hydrogens is 298 g/mol. The molecule has 118 valence electrons. The third kappa shape index (κ3) is 2.52. The van der Waals surface area contributed by atoms with Crippen molar-refractivity contribution in [3.63, 3.8) is 0 Å². The lowest BCUT2D eigenvalue weighted by Gasteiger charge is -2.07. The zero-order valence-corrected chi connectivity index (χ0v) is 13.4. The Morgan fingerprint density at radius 2 is 1.75 bits per heavy atom. The Labute approximate surface area is 139 Å². The molecule has 1 aromatic heterocycles. The van der Waals surface area contributed by atoms with Gasteiger partial charge in [0.1, 0.15) is 5.82 Å². The van der Waals surface area contributed by atoms with E-state index in [1.165, 1.54) is 0 Å². The SMILES string of the molecule is Cn1c(CNC(=O)c2ccc3ccccc3c2)nc2ccccc21. The summed E-state index contributed by atoms with van der Waals surface area (Å²) in [6, 6.07) is 21.7. The second-order valence-electron chi connectivity index (χ2n) is 5.82. The highest BCUT2D eigenvalue weighted by Crippen LogP contribution is 2.16. The maximum absolute atomic E-state index is 12.4. The van der Waals surface area contributed by atoms with Crippen LogP contribution in [0.2, 0.25) is 0 Å². The lowest BCUT2D eigenvalue weighted by Crippen LogP contribution is -2.24. The van der Waals surface area contributed by atoms with Crippen molar-refractivity contribution in [2.24, 2.45) is 7.05 Å². The van der Waals surface area contributed by atoms with Crippen molar-refractivity contribution in [1.82, 2.24) is 14.9 Å². The summed E-state index contributed by atoms with van der Waals surface area (Å²) in [5.74, 6) is 0.748. The van der Waals surface area contributed by atoms with Gasteiger partial charge in [0.2, 0.25) is 0 Å². The second kappa shape index (κ2) is 5.81. The number of carbonyl (C=O) groups excluding carboxylic acids is 1. The average molecular weight is 315 g/mol. The Bertz CT molecular complexity index is 1050. The molecule has 0 atom stereocenters. The van der Waals surface area contributed by atoms with Gasteiger partial charge in [-0.05, 0) is 35.0 Å². The highest BCUT2D eigenvalue weighted by atomic mass is 16.1. The molecule has 0 aliphatic carbocycles. The van der Waals surface area contributed by atoms with E-state index in [0.717, 1.165) is 27.6 Å². The van der Waals surface area contributed by atoms with E-state index in [4.69, 9.17) is 0 Å². The molecule has 1 amide bonds. The number of hydrogen-bond donors (Lipinski definition) is 1.